The molecule has 0 unspecified atom stereocenters. The number of amides is 11. The number of primary amides is 1. The molecule has 0 spiro atoms. The molecule has 9 atom stereocenters. The van der Waals surface area contributed by atoms with Gasteiger partial charge in [-0.2, -0.15) is 0 Å². The number of likely N-dealkylation sites (tertiary alicyclic amines) is 1. The van der Waals surface area contributed by atoms with E-state index >= 15 is 9.59 Å². The number of carbonyl (C=O) groups is 12. The number of nitrogens with two attached hydrogens (primary N) is 3. The number of nitrogens with one attached hydrogen (secondary N) is 11. The first-order chi connectivity index (χ1) is 47.7. The Balaban J connectivity index is 0.00000312. The summed E-state index contributed by atoms with van der Waals surface area (Å²) in [6.45, 7) is 3.42. The molecule has 0 aliphatic carbocycles. The van der Waals surface area contributed by atoms with Crippen molar-refractivity contribution in [3.05, 3.63) is 132 Å². The second-order valence-corrected chi connectivity index (χ2v) is 24.8. The molecule has 33 nitrogen and oxygen atoms in total. The van der Waals surface area contributed by atoms with E-state index in [2.05, 4.69) is 67.8 Å². The van der Waals surface area contributed by atoms with Gasteiger partial charge in [0.1, 0.15) is 60.1 Å². The Kier molecular flexibility index (Phi) is 29.6. The lowest BCUT2D eigenvalue weighted by Crippen LogP contribution is -2.61. The van der Waals surface area contributed by atoms with Crippen LogP contribution < -0.4 is 65.1 Å². The third kappa shape index (κ3) is 23.9. The molecule has 2 aliphatic rings. The molecule has 6 aromatic rings. The van der Waals surface area contributed by atoms with Gasteiger partial charge in [-0.15, -0.1) is 0 Å². The molecule has 2 fully saturated rings. The molecular formula is C68H89N17O16. The predicted molar refractivity (Wildman–Crippen MR) is 369 cm³/mol. The Morgan fingerprint density at radius 3 is 1.83 bits per heavy atom. The van der Waals surface area contributed by atoms with Gasteiger partial charge in [-0.25, -0.2) is 4.98 Å². The molecule has 4 aromatic carbocycles. The highest BCUT2D eigenvalue weighted by atomic mass is 16.4. The molecule has 22 N–H and O–H groups in total. The van der Waals surface area contributed by atoms with Crippen LogP contribution in [-0.4, -0.2) is 198 Å². The average Bonchev–Trinajstić information content (AvgIpc) is 1.80. The van der Waals surface area contributed by atoms with Crippen molar-refractivity contribution < 1.29 is 78.3 Å². The van der Waals surface area contributed by atoms with Gasteiger partial charge < -0.3 is 101 Å². The minimum absolute atomic E-state index is 0. The van der Waals surface area contributed by atoms with E-state index in [1.54, 1.807) is 50.4 Å². The van der Waals surface area contributed by atoms with Gasteiger partial charge in [0.15, 0.2) is 5.96 Å². The second-order valence-electron chi connectivity index (χ2n) is 24.8. The number of para-hydroxylation sites is 1. The number of carboxylic acid groups (broad SMARTS) is 1. The molecule has 0 radical (unpaired) electrons. The maximum absolute atomic E-state index is 15.1. The molecule has 101 heavy (non-hydrogen) atoms. The highest BCUT2D eigenvalue weighted by Crippen LogP contribution is 2.23. The van der Waals surface area contributed by atoms with Crippen LogP contribution >= 0.6 is 0 Å². The van der Waals surface area contributed by atoms with Crippen molar-refractivity contribution in [3.63, 3.8) is 0 Å². The van der Waals surface area contributed by atoms with Crippen LogP contribution in [0, 0.1) is 5.92 Å². The number of rotatable bonds is 33. The van der Waals surface area contributed by atoms with Crippen LogP contribution in [0.3, 0.4) is 0 Å². The van der Waals surface area contributed by atoms with Crippen LogP contribution in [0.2, 0.25) is 0 Å². The maximum atomic E-state index is 15.1. The van der Waals surface area contributed by atoms with E-state index in [0.29, 0.717) is 39.7 Å². The summed E-state index contributed by atoms with van der Waals surface area (Å²) in [5, 5.41) is 55.0. The predicted octanol–water partition coefficient (Wildman–Crippen LogP) is -2.36. The zero-order valence-electron chi connectivity index (χ0n) is 56.1. The SMILES string of the molecule is CC(=O)O.CC(C)C[C@H](NC(=O)[C@@H](Cc1ccc2ccccc2c1)NC(=O)[C@H](Cc1ccc(O)cc1)NC(=O)[C@H](CO)NC(=O)[C@H](Cc1c[nH]c2ccccc12)NC(=O)[C@H](Cc1cnc[nH]1)NC(=O)[C@@H]1CCC(=O)N1)C(=O)N[C@@H](CCCN=C(N)N)C(=O)N1CCC[C@H]1C(=O)NCC(N)=O.O. The molecule has 0 saturated carbocycles. The van der Waals surface area contributed by atoms with E-state index in [9.17, 15) is 53.4 Å². The number of carboxylic acids is 1. The number of aliphatic imine (C=N–C) groups is 1. The van der Waals surface area contributed by atoms with Crippen LogP contribution in [0.4, 0.5) is 0 Å². The number of aliphatic hydroxyl groups excluding tert-OH is 1. The molecule has 2 saturated heterocycles. The number of aromatic amines is 2. The molecule has 8 rings (SSSR count). The fourth-order valence-electron chi connectivity index (χ4n) is 11.6. The van der Waals surface area contributed by atoms with E-state index in [0.717, 1.165) is 17.7 Å². The number of nitrogens with zero attached hydrogens (tertiary/aromatic N) is 3. The summed E-state index contributed by atoms with van der Waals surface area (Å²) in [4.78, 5) is 178. The number of hydrogen-bond acceptors (Lipinski definition) is 16. The van der Waals surface area contributed by atoms with E-state index in [4.69, 9.17) is 27.1 Å². The van der Waals surface area contributed by atoms with Crippen molar-refractivity contribution >= 4 is 98.6 Å². The molecule has 2 aromatic heterocycles. The quantitative estimate of drug-likeness (QED) is 0.0116. The normalized spacial score (nSPS) is 16.0. The number of phenols is 1. The first-order valence-electron chi connectivity index (χ1n) is 32.7. The van der Waals surface area contributed by atoms with E-state index in [1.165, 1.54) is 41.7 Å². The van der Waals surface area contributed by atoms with Gasteiger partial charge in [-0.05, 0) is 90.1 Å². The van der Waals surface area contributed by atoms with Crippen molar-refractivity contribution in [1.29, 1.82) is 0 Å². The van der Waals surface area contributed by atoms with Crippen LogP contribution in [0.25, 0.3) is 21.7 Å². The van der Waals surface area contributed by atoms with Gasteiger partial charge in [0, 0.05) is 81.1 Å². The standard InChI is InChI=1S/C66H83N17O13.C2H4O2.H2O/c1-36(2)25-48(58(89)76-47(13-7-23-71-66(68)69)65(96)83-24-8-14-54(83)64(95)73-33-55(67)86)77-60(91)50(28-38-15-18-39-9-3-4-10-40(39)26-38)78-59(90)49(27-37-16-19-43(85)20-17-37)79-63(94)53(34-84)82-61(92)51(29-41-31-72-45-12-6-5-11-44(41)45)80-62(93)52(30-42-32-70-35-74-42)81-57(88)46-21-22-56(87)75-46;1-2(3)4;/h3-6,9-12,15-20,26,31-32,35-36,46-54,72,84-85H,7-8,13-14,21-25,27-30,33-34H2,1-2H3,(H2,67,86)(H,70,74)(H,73,95)(H,75,87)(H,76,89)(H,77,91)(H,78,90)(H,79,94)(H,80,93)(H,81,88)(H,82,92)(H4,68,69,71);1H3,(H,3,4);1H2/t46-,47-,48-,49-,50+,51-,52-,53-,54-;;/m0../s1. The van der Waals surface area contributed by atoms with Crippen LogP contribution in [0.5, 0.6) is 5.75 Å². The summed E-state index contributed by atoms with van der Waals surface area (Å²) in [6, 6.07) is 13.5. The second kappa shape index (κ2) is 38.0. The first kappa shape index (κ1) is 78.5. The Hall–Kier alpha value is -11.5. The number of carbonyl (C=O) groups excluding carboxylic acids is 11. The largest absolute Gasteiger partial charge is 0.508 e. The van der Waals surface area contributed by atoms with E-state index < -0.39 is 133 Å². The number of H-pyrrole nitrogens is 2. The number of aliphatic carboxylic acids is 1. The molecule has 4 heterocycles. The molecular weight excluding hydrogens is 1310 g/mol. The Morgan fingerprint density at radius 1 is 0.663 bits per heavy atom. The van der Waals surface area contributed by atoms with Crippen LogP contribution in [0.1, 0.15) is 88.1 Å². The van der Waals surface area contributed by atoms with Gasteiger partial charge in [0.05, 0.1) is 19.5 Å². The van der Waals surface area contributed by atoms with E-state index in [1.807, 2.05) is 36.4 Å². The lowest BCUT2D eigenvalue weighted by atomic mass is 9.98. The van der Waals surface area contributed by atoms with Gasteiger partial charge in [-0.1, -0.05) is 86.6 Å². The Morgan fingerprint density at radius 2 is 1.23 bits per heavy atom. The monoisotopic (exact) mass is 1400 g/mol. The number of fused-ring (bicyclic) bond motifs is 2. The van der Waals surface area contributed by atoms with E-state index in [-0.39, 0.29) is 106 Å². The Bertz CT molecular complexity index is 3910. The number of imidazole rings is 1. The zero-order chi connectivity index (χ0) is 72.6. The smallest absolute Gasteiger partial charge is 0.300 e. The molecule has 0 bridgehead atoms. The summed E-state index contributed by atoms with van der Waals surface area (Å²) in [5.74, 6) is -9.85. The number of phenolic OH excluding ortho intramolecular Hbond substituents is 1. The summed E-state index contributed by atoms with van der Waals surface area (Å²) >= 11 is 0. The summed E-state index contributed by atoms with van der Waals surface area (Å²) in [7, 11) is 0. The Labute approximate surface area is 580 Å². The fourth-order valence-corrected chi connectivity index (χ4v) is 11.6. The summed E-state index contributed by atoms with van der Waals surface area (Å²) < 4.78 is 0. The minimum atomic E-state index is -1.80. The molecule has 33 heteroatoms. The third-order valence-electron chi connectivity index (χ3n) is 16.5. The number of aliphatic hydroxyl groups is 1. The fraction of sp³-hybridized carbons (Fsp3) is 0.412. The van der Waals surface area contributed by atoms with Gasteiger partial charge in [0.25, 0.3) is 5.97 Å². The van der Waals surface area contributed by atoms with Crippen molar-refractivity contribution in [3.8, 4) is 5.75 Å². The zero-order valence-corrected chi connectivity index (χ0v) is 56.1. The number of aromatic nitrogens is 3. The lowest BCUT2D eigenvalue weighted by Gasteiger charge is -2.30. The van der Waals surface area contributed by atoms with Crippen molar-refractivity contribution in [2.24, 2.45) is 28.1 Å². The number of benzene rings is 4. The van der Waals surface area contributed by atoms with Gasteiger partial charge in [0.2, 0.25) is 65.0 Å². The topological polar surface area (TPSA) is 543 Å². The first-order valence-corrected chi connectivity index (χ1v) is 32.7. The minimum Gasteiger partial charge on any atom is -0.508 e. The van der Waals surface area contributed by atoms with Gasteiger partial charge >= 0.3 is 0 Å². The molecule has 2 aliphatic heterocycles. The molecule has 11 amide bonds. The van der Waals surface area contributed by atoms with Crippen LogP contribution in [-0.2, 0) is 83.2 Å². The number of guanidine groups is 1. The maximum Gasteiger partial charge on any atom is 0.300 e. The number of aromatic hydroxyl groups is 1. The third-order valence-corrected chi connectivity index (χ3v) is 16.5. The summed E-state index contributed by atoms with van der Waals surface area (Å²) in [5.41, 5.74) is 19.1. The highest BCUT2D eigenvalue weighted by molar-refractivity contribution is 6.00. The van der Waals surface area contributed by atoms with Crippen LogP contribution in [0.15, 0.2) is 115 Å². The van der Waals surface area contributed by atoms with Crippen molar-refractivity contribution in [2.45, 2.75) is 146 Å². The highest BCUT2D eigenvalue weighted by Gasteiger charge is 2.40. The average molecular weight is 1400 g/mol. The lowest BCUT2D eigenvalue weighted by molar-refractivity contribution is -0.142. The number of hydrogen-bond donors (Lipinski definition) is 17. The van der Waals surface area contributed by atoms with Crippen molar-refractivity contribution in [2.75, 3.05) is 26.2 Å². The summed E-state index contributed by atoms with van der Waals surface area (Å²) in [6.07, 6.45) is 4.89. The van der Waals surface area contributed by atoms with Gasteiger partial charge in [-0.3, -0.25) is 62.5 Å². The van der Waals surface area contributed by atoms with Crippen molar-refractivity contribution in [1.82, 2.24) is 67.7 Å². The molecule has 542 valence electrons.